The predicted octanol–water partition coefficient (Wildman–Crippen LogP) is -0.352. The van der Waals surface area contributed by atoms with Crippen molar-refractivity contribution < 1.29 is 14.6 Å². The SMILES string of the molecule is CCC[C@H](O)[C@H](N)C(=O)OC. The van der Waals surface area contributed by atoms with Gasteiger partial charge in [-0.3, -0.25) is 4.79 Å². The van der Waals surface area contributed by atoms with Crippen molar-refractivity contribution in [2.75, 3.05) is 7.11 Å². The van der Waals surface area contributed by atoms with E-state index in [1.807, 2.05) is 6.92 Å². The maximum absolute atomic E-state index is 10.7. The highest BCUT2D eigenvalue weighted by molar-refractivity contribution is 5.75. The number of carbonyl (C=O) groups is 1. The van der Waals surface area contributed by atoms with Crippen LogP contribution in [0.4, 0.5) is 0 Å². The molecular formula is C7H15NO3. The van der Waals surface area contributed by atoms with Crippen LogP contribution in [0.5, 0.6) is 0 Å². The predicted molar refractivity (Wildman–Crippen MR) is 40.9 cm³/mol. The van der Waals surface area contributed by atoms with Crippen LogP contribution in [0.25, 0.3) is 0 Å². The van der Waals surface area contributed by atoms with E-state index in [0.29, 0.717) is 6.42 Å². The van der Waals surface area contributed by atoms with Gasteiger partial charge in [0.25, 0.3) is 0 Å². The summed E-state index contributed by atoms with van der Waals surface area (Å²) < 4.78 is 4.36. The topological polar surface area (TPSA) is 72.5 Å². The third-order valence-electron chi connectivity index (χ3n) is 1.47. The Bertz CT molecular complexity index is 127. The van der Waals surface area contributed by atoms with Crippen molar-refractivity contribution in [1.29, 1.82) is 0 Å². The highest BCUT2D eigenvalue weighted by Crippen LogP contribution is 2.00. The number of nitrogens with two attached hydrogens (primary N) is 1. The quantitative estimate of drug-likeness (QED) is 0.553. The minimum absolute atomic E-state index is 0.524. The minimum atomic E-state index is -0.903. The third kappa shape index (κ3) is 3.34. The fraction of sp³-hybridized carbons (Fsp3) is 0.857. The van der Waals surface area contributed by atoms with Gasteiger partial charge in [-0.1, -0.05) is 13.3 Å². The Morgan fingerprint density at radius 1 is 1.73 bits per heavy atom. The molecule has 66 valence electrons. The Morgan fingerprint density at radius 2 is 2.27 bits per heavy atom. The number of ether oxygens (including phenoxy) is 1. The number of aliphatic hydroxyl groups excluding tert-OH is 1. The number of rotatable bonds is 4. The van der Waals surface area contributed by atoms with Crippen LogP contribution >= 0.6 is 0 Å². The first-order valence-electron chi connectivity index (χ1n) is 3.65. The standard InChI is InChI=1S/C7H15NO3/c1-3-4-5(9)6(8)7(10)11-2/h5-6,9H,3-4,8H2,1-2H3/t5-,6-/m0/s1. The van der Waals surface area contributed by atoms with Crippen molar-refractivity contribution in [3.63, 3.8) is 0 Å². The van der Waals surface area contributed by atoms with Crippen molar-refractivity contribution in [3.8, 4) is 0 Å². The molecule has 0 aliphatic rings. The monoisotopic (exact) mass is 161 g/mol. The first kappa shape index (κ1) is 10.4. The molecule has 0 unspecified atom stereocenters. The Kier molecular flexibility index (Phi) is 4.81. The number of carbonyl (C=O) groups excluding carboxylic acids is 1. The van der Waals surface area contributed by atoms with Crippen molar-refractivity contribution >= 4 is 5.97 Å². The first-order chi connectivity index (χ1) is 5.13. The Balaban J connectivity index is 3.80. The Labute approximate surface area is 66.3 Å². The second kappa shape index (κ2) is 5.09. The Morgan fingerprint density at radius 3 is 2.64 bits per heavy atom. The summed E-state index contributed by atoms with van der Waals surface area (Å²) in [6, 6.07) is -0.903. The molecule has 0 fully saturated rings. The number of aliphatic hydroxyl groups is 1. The molecule has 0 aliphatic heterocycles. The lowest BCUT2D eigenvalue weighted by molar-refractivity contribution is -0.144. The lowest BCUT2D eigenvalue weighted by atomic mass is 10.1. The molecule has 0 spiro atoms. The lowest BCUT2D eigenvalue weighted by Gasteiger charge is -2.14. The molecule has 0 aromatic rings. The fourth-order valence-corrected chi connectivity index (χ4v) is 0.768. The van der Waals surface area contributed by atoms with Crippen LogP contribution in [-0.4, -0.2) is 30.3 Å². The molecule has 0 saturated carbocycles. The second-order valence-corrected chi connectivity index (χ2v) is 2.40. The van der Waals surface area contributed by atoms with E-state index in [9.17, 15) is 9.90 Å². The summed E-state index contributed by atoms with van der Waals surface area (Å²) in [5.74, 6) is -0.564. The van der Waals surface area contributed by atoms with Gasteiger partial charge < -0.3 is 15.6 Å². The van der Waals surface area contributed by atoms with Gasteiger partial charge in [0.05, 0.1) is 13.2 Å². The molecule has 0 radical (unpaired) electrons. The molecule has 2 atom stereocenters. The molecule has 0 amide bonds. The highest BCUT2D eigenvalue weighted by atomic mass is 16.5. The van der Waals surface area contributed by atoms with Gasteiger partial charge in [-0.2, -0.15) is 0 Å². The van der Waals surface area contributed by atoms with Crippen molar-refractivity contribution in [2.24, 2.45) is 5.73 Å². The van der Waals surface area contributed by atoms with Crippen LogP contribution in [0, 0.1) is 0 Å². The zero-order valence-corrected chi connectivity index (χ0v) is 6.91. The minimum Gasteiger partial charge on any atom is -0.468 e. The molecule has 0 saturated heterocycles. The first-order valence-corrected chi connectivity index (χ1v) is 3.65. The van der Waals surface area contributed by atoms with Gasteiger partial charge in [-0.05, 0) is 6.42 Å². The zero-order chi connectivity index (χ0) is 8.85. The summed E-state index contributed by atoms with van der Waals surface area (Å²) in [6.45, 7) is 1.91. The van der Waals surface area contributed by atoms with E-state index in [2.05, 4.69) is 4.74 Å². The van der Waals surface area contributed by atoms with Crippen LogP contribution < -0.4 is 5.73 Å². The maximum Gasteiger partial charge on any atom is 0.325 e. The second-order valence-electron chi connectivity index (χ2n) is 2.40. The summed E-state index contributed by atoms with van der Waals surface area (Å²) in [4.78, 5) is 10.7. The van der Waals surface area contributed by atoms with E-state index in [1.165, 1.54) is 7.11 Å². The molecule has 11 heavy (non-hydrogen) atoms. The van der Waals surface area contributed by atoms with Crippen LogP contribution in [0.1, 0.15) is 19.8 Å². The van der Waals surface area contributed by atoms with Crippen LogP contribution in [0.3, 0.4) is 0 Å². The molecule has 0 bridgehead atoms. The number of hydrogen-bond acceptors (Lipinski definition) is 4. The maximum atomic E-state index is 10.7. The van der Waals surface area contributed by atoms with Gasteiger partial charge in [0, 0.05) is 0 Å². The lowest BCUT2D eigenvalue weighted by Crippen LogP contribution is -2.42. The van der Waals surface area contributed by atoms with Crippen LogP contribution in [-0.2, 0) is 9.53 Å². The molecule has 3 N–H and O–H groups in total. The summed E-state index contributed by atoms with van der Waals surface area (Å²) >= 11 is 0. The smallest absolute Gasteiger partial charge is 0.325 e. The van der Waals surface area contributed by atoms with Gasteiger partial charge in [0.1, 0.15) is 6.04 Å². The number of hydrogen-bond donors (Lipinski definition) is 2. The molecule has 4 nitrogen and oxygen atoms in total. The highest BCUT2D eigenvalue weighted by Gasteiger charge is 2.21. The zero-order valence-electron chi connectivity index (χ0n) is 6.91. The van der Waals surface area contributed by atoms with Crippen molar-refractivity contribution in [2.45, 2.75) is 31.9 Å². The molecular weight excluding hydrogens is 146 g/mol. The van der Waals surface area contributed by atoms with Crippen molar-refractivity contribution in [1.82, 2.24) is 0 Å². The molecule has 0 aromatic carbocycles. The van der Waals surface area contributed by atoms with Crippen molar-refractivity contribution in [3.05, 3.63) is 0 Å². The molecule has 0 rings (SSSR count). The molecule has 0 aromatic heterocycles. The van der Waals surface area contributed by atoms with Gasteiger partial charge >= 0.3 is 5.97 Å². The average Bonchev–Trinajstić information content (AvgIpc) is 2.02. The summed E-state index contributed by atoms with van der Waals surface area (Å²) in [5, 5.41) is 9.19. The normalized spacial score (nSPS) is 15.6. The van der Waals surface area contributed by atoms with E-state index >= 15 is 0 Å². The van der Waals surface area contributed by atoms with E-state index < -0.39 is 18.1 Å². The summed E-state index contributed by atoms with van der Waals surface area (Å²) in [7, 11) is 1.25. The van der Waals surface area contributed by atoms with E-state index in [1.54, 1.807) is 0 Å². The van der Waals surface area contributed by atoms with E-state index in [0.717, 1.165) is 6.42 Å². The average molecular weight is 161 g/mol. The summed E-state index contributed by atoms with van der Waals surface area (Å²) in [6.07, 6.45) is 0.537. The van der Waals surface area contributed by atoms with E-state index in [-0.39, 0.29) is 0 Å². The van der Waals surface area contributed by atoms with Crippen LogP contribution in [0.2, 0.25) is 0 Å². The van der Waals surface area contributed by atoms with Gasteiger partial charge in [-0.25, -0.2) is 0 Å². The number of methoxy groups -OCH3 is 1. The number of esters is 1. The molecule has 0 aliphatic carbocycles. The van der Waals surface area contributed by atoms with Crippen LogP contribution in [0.15, 0.2) is 0 Å². The van der Waals surface area contributed by atoms with Gasteiger partial charge in [0.2, 0.25) is 0 Å². The molecule has 0 heterocycles. The summed E-state index contributed by atoms with van der Waals surface area (Å²) in [5.41, 5.74) is 5.33. The third-order valence-corrected chi connectivity index (χ3v) is 1.47. The van der Waals surface area contributed by atoms with Gasteiger partial charge in [0.15, 0.2) is 0 Å². The fourth-order valence-electron chi connectivity index (χ4n) is 0.768. The Hall–Kier alpha value is -0.610. The van der Waals surface area contributed by atoms with Gasteiger partial charge in [-0.15, -0.1) is 0 Å². The van der Waals surface area contributed by atoms with E-state index in [4.69, 9.17) is 5.73 Å². The largest absolute Gasteiger partial charge is 0.468 e. The molecule has 4 heteroatoms.